The molecule has 0 aliphatic heterocycles. The number of guanidine groups is 1. The Morgan fingerprint density at radius 3 is 2.40 bits per heavy atom. The van der Waals surface area contributed by atoms with E-state index in [0.717, 1.165) is 0 Å². The number of hydrogen-bond acceptors (Lipinski definition) is 3. The molecule has 5 N–H and O–H groups in total. The van der Waals surface area contributed by atoms with Gasteiger partial charge in [-0.3, -0.25) is 9.78 Å². The summed E-state index contributed by atoms with van der Waals surface area (Å²) >= 11 is 0. The van der Waals surface area contributed by atoms with E-state index in [2.05, 4.69) is 9.98 Å². The zero-order chi connectivity index (χ0) is 15.6. The van der Waals surface area contributed by atoms with Gasteiger partial charge in [0.05, 0.1) is 5.54 Å². The molecule has 0 aliphatic rings. The summed E-state index contributed by atoms with van der Waals surface area (Å²) in [6.07, 6.45) is 2.18. The summed E-state index contributed by atoms with van der Waals surface area (Å²) in [5, 5.41) is 0. The molecule has 0 spiro atoms. The minimum absolute atomic E-state index is 0.0482. The van der Waals surface area contributed by atoms with Gasteiger partial charge in [-0.2, -0.15) is 0 Å². The van der Waals surface area contributed by atoms with Gasteiger partial charge in [-0.05, 0) is 25.7 Å². The molecular weight excluding hydrogens is 258 g/mol. The van der Waals surface area contributed by atoms with E-state index in [0.29, 0.717) is 13.0 Å². The summed E-state index contributed by atoms with van der Waals surface area (Å²) in [5.41, 5.74) is 9.40. The van der Waals surface area contributed by atoms with Crippen LogP contribution in [0.5, 0.6) is 0 Å². The quantitative estimate of drug-likeness (QED) is 0.520. The fourth-order valence-corrected chi connectivity index (χ4v) is 2.65. The minimum Gasteiger partial charge on any atom is -0.370 e. The molecule has 0 aliphatic carbocycles. The second-order valence-corrected chi connectivity index (χ2v) is 6.43. The van der Waals surface area contributed by atoms with Crippen molar-refractivity contribution in [3.63, 3.8) is 0 Å². The molecule has 1 aromatic heterocycles. The van der Waals surface area contributed by atoms with Gasteiger partial charge in [-0.1, -0.05) is 13.8 Å². The molecule has 0 saturated carbocycles. The third kappa shape index (κ3) is 4.91. The van der Waals surface area contributed by atoms with Crippen molar-refractivity contribution in [3.05, 3.63) is 33.1 Å². The first-order chi connectivity index (χ1) is 9.01. The maximum atomic E-state index is 11.7. The maximum Gasteiger partial charge on any atom is 0.328 e. The summed E-state index contributed by atoms with van der Waals surface area (Å²) in [5.74, 6) is 0.0482. The van der Waals surface area contributed by atoms with Gasteiger partial charge in [0, 0.05) is 18.8 Å². The third-order valence-electron chi connectivity index (χ3n) is 2.84. The average molecular weight is 281 g/mol. The SMILES string of the molecule is CC(C)(Cn1ccc(=O)[nH]c1=O)CC(C)(C)N=C(N)N. The zero-order valence-corrected chi connectivity index (χ0v) is 12.4. The number of aromatic amines is 1. The number of aliphatic imine (C=N–C) groups is 1. The fourth-order valence-electron chi connectivity index (χ4n) is 2.65. The Labute approximate surface area is 117 Å². The fraction of sp³-hybridized carbons (Fsp3) is 0.615. The number of H-pyrrole nitrogens is 1. The summed E-state index contributed by atoms with van der Waals surface area (Å²) < 4.78 is 1.48. The van der Waals surface area contributed by atoms with Crippen molar-refractivity contribution >= 4 is 5.96 Å². The van der Waals surface area contributed by atoms with Gasteiger partial charge >= 0.3 is 5.69 Å². The van der Waals surface area contributed by atoms with E-state index >= 15 is 0 Å². The minimum atomic E-state index is -0.422. The number of nitrogens with zero attached hydrogens (tertiary/aromatic N) is 2. The lowest BCUT2D eigenvalue weighted by molar-refractivity contribution is 0.222. The molecule has 0 saturated heterocycles. The summed E-state index contributed by atoms with van der Waals surface area (Å²) in [6, 6.07) is 1.33. The summed E-state index contributed by atoms with van der Waals surface area (Å²) in [4.78, 5) is 29.2. The lowest BCUT2D eigenvalue weighted by Crippen LogP contribution is -2.37. The molecule has 20 heavy (non-hydrogen) atoms. The van der Waals surface area contributed by atoms with E-state index in [1.165, 1.54) is 16.8 Å². The zero-order valence-electron chi connectivity index (χ0n) is 12.4. The topological polar surface area (TPSA) is 119 Å². The Balaban J connectivity index is 2.92. The molecule has 0 bridgehead atoms. The largest absolute Gasteiger partial charge is 0.370 e. The molecule has 1 aromatic rings. The lowest BCUT2D eigenvalue weighted by atomic mass is 9.80. The Bertz CT molecular complexity index is 606. The van der Waals surface area contributed by atoms with Gasteiger partial charge in [-0.25, -0.2) is 9.79 Å². The second-order valence-electron chi connectivity index (χ2n) is 6.43. The molecule has 0 unspecified atom stereocenters. The summed E-state index contributed by atoms with van der Waals surface area (Å²) in [7, 11) is 0. The van der Waals surface area contributed by atoms with Crippen molar-refractivity contribution in [2.24, 2.45) is 21.9 Å². The van der Waals surface area contributed by atoms with E-state index in [4.69, 9.17) is 11.5 Å². The third-order valence-corrected chi connectivity index (χ3v) is 2.84. The highest BCUT2D eigenvalue weighted by Crippen LogP contribution is 2.31. The predicted molar refractivity (Wildman–Crippen MR) is 79.6 cm³/mol. The number of nitrogens with one attached hydrogen (secondary N) is 1. The smallest absolute Gasteiger partial charge is 0.328 e. The highest BCUT2D eigenvalue weighted by atomic mass is 16.2. The van der Waals surface area contributed by atoms with Crippen LogP contribution in [0, 0.1) is 5.41 Å². The maximum absolute atomic E-state index is 11.7. The highest BCUT2D eigenvalue weighted by molar-refractivity contribution is 5.76. The van der Waals surface area contributed by atoms with E-state index in [9.17, 15) is 9.59 Å². The van der Waals surface area contributed by atoms with Crippen molar-refractivity contribution in [2.75, 3.05) is 0 Å². The Morgan fingerprint density at radius 1 is 1.30 bits per heavy atom. The van der Waals surface area contributed by atoms with E-state index in [-0.39, 0.29) is 11.4 Å². The first kappa shape index (κ1) is 16.0. The molecule has 0 atom stereocenters. The monoisotopic (exact) mass is 281 g/mol. The molecule has 0 fully saturated rings. The van der Waals surface area contributed by atoms with Crippen molar-refractivity contribution < 1.29 is 0 Å². The van der Waals surface area contributed by atoms with Gasteiger partial charge in [-0.15, -0.1) is 0 Å². The second kappa shape index (κ2) is 5.52. The van der Waals surface area contributed by atoms with Crippen LogP contribution in [0.3, 0.4) is 0 Å². The van der Waals surface area contributed by atoms with Gasteiger partial charge in [0.25, 0.3) is 5.56 Å². The molecular formula is C13H23N5O2. The van der Waals surface area contributed by atoms with Gasteiger partial charge in [0.1, 0.15) is 0 Å². The number of nitrogens with two attached hydrogens (primary N) is 2. The van der Waals surface area contributed by atoms with Crippen molar-refractivity contribution in [3.8, 4) is 0 Å². The molecule has 7 heteroatoms. The number of rotatable bonds is 5. The van der Waals surface area contributed by atoms with Crippen LogP contribution >= 0.6 is 0 Å². The number of aromatic nitrogens is 2. The molecule has 112 valence electrons. The van der Waals surface area contributed by atoms with Gasteiger partial charge in [0.15, 0.2) is 5.96 Å². The number of hydrogen-bond donors (Lipinski definition) is 3. The van der Waals surface area contributed by atoms with Gasteiger partial charge in [0.2, 0.25) is 0 Å². The Kier molecular flexibility index (Phi) is 4.42. The lowest BCUT2D eigenvalue weighted by Gasteiger charge is -2.32. The van der Waals surface area contributed by atoms with Crippen LogP contribution in [0.25, 0.3) is 0 Å². The first-order valence-electron chi connectivity index (χ1n) is 6.41. The normalized spacial score (nSPS) is 12.2. The predicted octanol–water partition coefficient (Wildman–Crippen LogP) is 0.00490. The van der Waals surface area contributed by atoms with Crippen molar-refractivity contribution in [2.45, 2.75) is 46.2 Å². The van der Waals surface area contributed by atoms with Gasteiger partial charge < -0.3 is 16.0 Å². The van der Waals surface area contributed by atoms with Crippen LogP contribution in [0.1, 0.15) is 34.1 Å². The molecule has 0 radical (unpaired) electrons. The van der Waals surface area contributed by atoms with Crippen LogP contribution in [0.2, 0.25) is 0 Å². The van der Waals surface area contributed by atoms with E-state index in [1.54, 1.807) is 0 Å². The molecule has 1 heterocycles. The van der Waals surface area contributed by atoms with Crippen LogP contribution in [-0.4, -0.2) is 21.0 Å². The molecule has 1 rings (SSSR count). The standard InChI is InChI=1S/C13H23N5O2/c1-12(2,7-13(3,4)17-10(14)15)8-18-6-5-9(19)16-11(18)20/h5-6H,7-8H2,1-4H3,(H4,14,15,17)(H,16,19,20). The van der Waals surface area contributed by atoms with Crippen LogP contribution in [-0.2, 0) is 6.54 Å². The van der Waals surface area contributed by atoms with Crippen molar-refractivity contribution in [1.29, 1.82) is 0 Å². The van der Waals surface area contributed by atoms with Crippen LogP contribution in [0.15, 0.2) is 26.8 Å². The van der Waals surface area contributed by atoms with Crippen LogP contribution < -0.4 is 22.7 Å². The van der Waals surface area contributed by atoms with E-state index in [1.807, 2.05) is 27.7 Å². The van der Waals surface area contributed by atoms with Crippen molar-refractivity contribution in [1.82, 2.24) is 9.55 Å². The molecule has 7 nitrogen and oxygen atoms in total. The first-order valence-corrected chi connectivity index (χ1v) is 6.41. The molecule has 0 aromatic carbocycles. The van der Waals surface area contributed by atoms with E-state index < -0.39 is 16.8 Å². The van der Waals surface area contributed by atoms with Crippen LogP contribution in [0.4, 0.5) is 0 Å². The molecule has 0 amide bonds. The Hall–Kier alpha value is -2.05. The summed E-state index contributed by atoms with van der Waals surface area (Å²) in [6.45, 7) is 8.38. The average Bonchev–Trinajstić information content (AvgIpc) is 2.18. The highest BCUT2D eigenvalue weighted by Gasteiger charge is 2.29. The Morgan fingerprint density at radius 2 is 1.90 bits per heavy atom.